The molecule has 2 rings (SSSR count). The molecule has 0 saturated heterocycles. The normalized spacial score (nSPS) is 13.1. The molecule has 7 heteroatoms. The summed E-state index contributed by atoms with van der Waals surface area (Å²) in [6.45, 7) is 0.408. The number of carbonyl (C=O) groups is 1. The third kappa shape index (κ3) is 5.07. The molecule has 1 atom stereocenters. The summed E-state index contributed by atoms with van der Waals surface area (Å²) < 4.78 is 38.1. The molecule has 24 heavy (non-hydrogen) atoms. The van der Waals surface area contributed by atoms with Crippen LogP contribution in [0.4, 0.5) is 13.2 Å². The Morgan fingerprint density at radius 2 is 2.00 bits per heavy atom. The topological polar surface area (TPSA) is 32.3 Å². The maximum absolute atomic E-state index is 12.7. The first kappa shape index (κ1) is 18.5. The van der Waals surface area contributed by atoms with Gasteiger partial charge in [-0.3, -0.25) is 4.79 Å². The number of nitrogens with zero attached hydrogens (tertiary/aromatic N) is 1. The highest BCUT2D eigenvalue weighted by atomic mass is 32.1. The summed E-state index contributed by atoms with van der Waals surface area (Å²) >= 11 is 1.60. The average molecular weight is 356 g/mol. The lowest BCUT2D eigenvalue weighted by Crippen LogP contribution is -2.34. The molecule has 0 aliphatic rings. The number of hydrogen-bond donors (Lipinski definition) is 1. The zero-order valence-electron chi connectivity index (χ0n) is 13.4. The number of hydrogen-bond acceptors (Lipinski definition) is 3. The molecule has 2 aromatic rings. The van der Waals surface area contributed by atoms with Crippen LogP contribution in [0, 0.1) is 0 Å². The summed E-state index contributed by atoms with van der Waals surface area (Å²) in [4.78, 5) is 15.2. The van der Waals surface area contributed by atoms with Crippen molar-refractivity contribution in [2.45, 2.75) is 18.6 Å². The number of alkyl halides is 3. The molecule has 0 radical (unpaired) electrons. The maximum Gasteiger partial charge on any atom is 0.416 e. The summed E-state index contributed by atoms with van der Waals surface area (Å²) in [6, 6.07) is 8.84. The van der Waals surface area contributed by atoms with E-state index in [-0.39, 0.29) is 18.4 Å². The second-order valence-corrected chi connectivity index (χ2v) is 6.65. The van der Waals surface area contributed by atoms with E-state index >= 15 is 0 Å². The van der Waals surface area contributed by atoms with Crippen LogP contribution in [0.25, 0.3) is 0 Å². The fourth-order valence-electron chi connectivity index (χ4n) is 2.33. The van der Waals surface area contributed by atoms with Crippen molar-refractivity contribution in [3.8, 4) is 0 Å². The van der Waals surface area contributed by atoms with Gasteiger partial charge in [-0.25, -0.2) is 0 Å². The zero-order valence-corrected chi connectivity index (χ0v) is 14.2. The smallest absolute Gasteiger partial charge is 0.354 e. The molecule has 0 aliphatic carbocycles. The highest BCUT2D eigenvalue weighted by Gasteiger charge is 2.30. The number of rotatable bonds is 6. The summed E-state index contributed by atoms with van der Waals surface area (Å²) in [6.07, 6.45) is -4.48. The van der Waals surface area contributed by atoms with E-state index in [0.29, 0.717) is 12.1 Å². The van der Waals surface area contributed by atoms with Crippen molar-refractivity contribution in [2.24, 2.45) is 0 Å². The van der Waals surface area contributed by atoms with E-state index in [1.807, 2.05) is 36.5 Å². The first-order chi connectivity index (χ1) is 11.3. The van der Waals surface area contributed by atoms with Crippen molar-refractivity contribution in [1.82, 2.24) is 10.2 Å². The van der Waals surface area contributed by atoms with Crippen LogP contribution in [-0.2, 0) is 17.4 Å². The Morgan fingerprint density at radius 1 is 1.25 bits per heavy atom. The van der Waals surface area contributed by atoms with Crippen LogP contribution in [0.2, 0.25) is 0 Å². The third-order valence-electron chi connectivity index (χ3n) is 3.61. The molecule has 0 bridgehead atoms. The van der Waals surface area contributed by atoms with Gasteiger partial charge in [-0.15, -0.1) is 11.3 Å². The van der Waals surface area contributed by atoms with Crippen LogP contribution < -0.4 is 5.32 Å². The van der Waals surface area contributed by atoms with Crippen LogP contribution in [0.15, 0.2) is 41.8 Å². The Bertz CT molecular complexity index is 669. The van der Waals surface area contributed by atoms with Gasteiger partial charge in [0.15, 0.2) is 0 Å². The highest BCUT2D eigenvalue weighted by molar-refractivity contribution is 7.10. The molecule has 1 heterocycles. The number of halogens is 3. The quantitative estimate of drug-likeness (QED) is 0.855. The van der Waals surface area contributed by atoms with Crippen molar-refractivity contribution >= 4 is 17.2 Å². The van der Waals surface area contributed by atoms with Crippen molar-refractivity contribution in [3.05, 3.63) is 57.8 Å². The lowest BCUT2D eigenvalue weighted by Gasteiger charge is -2.23. The van der Waals surface area contributed by atoms with E-state index in [1.165, 1.54) is 12.1 Å². The van der Waals surface area contributed by atoms with E-state index in [0.717, 1.165) is 17.0 Å². The van der Waals surface area contributed by atoms with Crippen LogP contribution >= 0.6 is 11.3 Å². The average Bonchev–Trinajstić information content (AvgIpc) is 3.00. The molecule has 1 aromatic heterocycles. The van der Waals surface area contributed by atoms with Gasteiger partial charge in [0.1, 0.15) is 0 Å². The first-order valence-electron chi connectivity index (χ1n) is 7.40. The standard InChI is InChI=1S/C17H19F3N2OS/c1-22(2)14(15-7-4-8-24-15)11-21-16(23)10-12-5-3-6-13(9-12)17(18,19)20/h3-9,14H,10-11H2,1-2H3,(H,21,23)/t14-/m1/s1. The van der Waals surface area contributed by atoms with E-state index in [1.54, 1.807) is 11.3 Å². The Balaban J connectivity index is 1.96. The van der Waals surface area contributed by atoms with Gasteiger partial charge >= 0.3 is 6.18 Å². The SMILES string of the molecule is CN(C)[C@H](CNC(=O)Cc1cccc(C(F)(F)F)c1)c1cccs1. The Kier molecular flexibility index (Phi) is 6.01. The van der Waals surface area contributed by atoms with Crippen molar-refractivity contribution < 1.29 is 18.0 Å². The van der Waals surface area contributed by atoms with Crippen LogP contribution in [0.1, 0.15) is 22.0 Å². The minimum Gasteiger partial charge on any atom is -0.354 e. The number of carbonyl (C=O) groups excluding carboxylic acids is 1. The summed E-state index contributed by atoms with van der Waals surface area (Å²) in [5.74, 6) is -0.294. The summed E-state index contributed by atoms with van der Waals surface area (Å²) in [7, 11) is 3.84. The predicted molar refractivity (Wildman–Crippen MR) is 88.9 cm³/mol. The Hall–Kier alpha value is -1.86. The first-order valence-corrected chi connectivity index (χ1v) is 8.28. The third-order valence-corrected chi connectivity index (χ3v) is 4.58. The van der Waals surface area contributed by atoms with E-state index in [4.69, 9.17) is 0 Å². The number of amides is 1. The lowest BCUT2D eigenvalue weighted by atomic mass is 10.1. The van der Waals surface area contributed by atoms with Crippen molar-refractivity contribution in [1.29, 1.82) is 0 Å². The van der Waals surface area contributed by atoms with Crippen LogP contribution in [-0.4, -0.2) is 31.4 Å². The van der Waals surface area contributed by atoms with Gasteiger partial charge in [-0.05, 0) is 37.2 Å². The van der Waals surface area contributed by atoms with Gasteiger partial charge < -0.3 is 10.2 Å². The van der Waals surface area contributed by atoms with Gasteiger partial charge in [0.05, 0.1) is 18.0 Å². The molecule has 0 spiro atoms. The monoisotopic (exact) mass is 356 g/mol. The Labute approximate surface area is 143 Å². The molecule has 1 aromatic carbocycles. The number of thiophene rings is 1. The molecule has 0 saturated carbocycles. The van der Waals surface area contributed by atoms with Crippen molar-refractivity contribution in [2.75, 3.05) is 20.6 Å². The molecular formula is C17H19F3N2OS. The highest BCUT2D eigenvalue weighted by Crippen LogP contribution is 2.29. The van der Waals surface area contributed by atoms with Crippen molar-refractivity contribution in [3.63, 3.8) is 0 Å². The summed E-state index contributed by atoms with van der Waals surface area (Å²) in [5.41, 5.74) is -0.391. The minimum absolute atomic E-state index is 0.0375. The number of nitrogens with one attached hydrogen (secondary N) is 1. The molecule has 1 amide bonds. The predicted octanol–water partition coefficient (Wildman–Crippen LogP) is 3.73. The molecular weight excluding hydrogens is 337 g/mol. The molecule has 0 fully saturated rings. The second kappa shape index (κ2) is 7.81. The Morgan fingerprint density at radius 3 is 2.58 bits per heavy atom. The van der Waals surface area contributed by atoms with Gasteiger partial charge in [-0.2, -0.15) is 13.2 Å². The van der Waals surface area contributed by atoms with E-state index in [2.05, 4.69) is 5.32 Å². The fourth-order valence-corrected chi connectivity index (χ4v) is 3.26. The van der Waals surface area contributed by atoms with E-state index < -0.39 is 11.7 Å². The number of likely N-dealkylation sites (N-methyl/N-ethyl adjacent to an activating group) is 1. The summed E-state index contributed by atoms with van der Waals surface area (Å²) in [5, 5.41) is 4.77. The second-order valence-electron chi connectivity index (χ2n) is 5.67. The molecule has 0 unspecified atom stereocenters. The number of benzene rings is 1. The van der Waals surface area contributed by atoms with Gasteiger partial charge in [0, 0.05) is 11.4 Å². The van der Waals surface area contributed by atoms with E-state index in [9.17, 15) is 18.0 Å². The molecule has 130 valence electrons. The van der Waals surface area contributed by atoms with Gasteiger partial charge in [0.25, 0.3) is 0 Å². The molecule has 3 nitrogen and oxygen atoms in total. The van der Waals surface area contributed by atoms with Gasteiger partial charge in [-0.1, -0.05) is 24.3 Å². The molecule has 1 N–H and O–H groups in total. The maximum atomic E-state index is 12.7. The zero-order chi connectivity index (χ0) is 17.7. The largest absolute Gasteiger partial charge is 0.416 e. The van der Waals surface area contributed by atoms with Crippen LogP contribution in [0.5, 0.6) is 0 Å². The van der Waals surface area contributed by atoms with Gasteiger partial charge in [0.2, 0.25) is 5.91 Å². The lowest BCUT2D eigenvalue weighted by molar-refractivity contribution is -0.137. The molecule has 0 aliphatic heterocycles. The van der Waals surface area contributed by atoms with Crippen LogP contribution in [0.3, 0.4) is 0 Å². The fraction of sp³-hybridized carbons (Fsp3) is 0.353. The minimum atomic E-state index is -4.40.